The molecule has 0 saturated heterocycles. The summed E-state index contributed by atoms with van der Waals surface area (Å²) in [5.41, 5.74) is 4.47. The van der Waals surface area contributed by atoms with Gasteiger partial charge in [0.25, 0.3) is 11.8 Å². The van der Waals surface area contributed by atoms with Crippen LogP contribution in [0.3, 0.4) is 0 Å². The lowest BCUT2D eigenvalue weighted by atomic mass is 9.99. The average molecular weight is 511 g/mol. The molecule has 0 atom stereocenters. The van der Waals surface area contributed by atoms with Gasteiger partial charge in [-0.15, -0.1) is 0 Å². The van der Waals surface area contributed by atoms with Gasteiger partial charge in [0.1, 0.15) is 23.0 Å². The number of nitrogens with one attached hydrogen (secondary N) is 2. The number of benzene rings is 4. The first-order valence-electron chi connectivity index (χ1n) is 12.1. The van der Waals surface area contributed by atoms with Crippen molar-refractivity contribution in [3.05, 3.63) is 119 Å². The van der Waals surface area contributed by atoms with Crippen LogP contribution in [0, 0.1) is 11.6 Å². The van der Waals surface area contributed by atoms with Crippen molar-refractivity contribution >= 4 is 22.8 Å². The Morgan fingerprint density at radius 2 is 1.42 bits per heavy atom. The Bertz CT molecular complexity index is 1620. The van der Waals surface area contributed by atoms with Crippen LogP contribution in [-0.2, 0) is 6.42 Å². The second-order valence-electron chi connectivity index (χ2n) is 8.82. The zero-order valence-electron chi connectivity index (χ0n) is 20.6. The molecule has 190 valence electrons. The topological polar surface area (TPSA) is 71.3 Å². The molecule has 2 amide bonds. The van der Waals surface area contributed by atoms with Crippen molar-refractivity contribution in [3.8, 4) is 22.5 Å². The van der Waals surface area contributed by atoms with Gasteiger partial charge in [0.2, 0.25) is 0 Å². The van der Waals surface area contributed by atoms with Gasteiger partial charge in [0.15, 0.2) is 0 Å². The minimum Gasteiger partial charge on any atom is -0.455 e. The minimum atomic E-state index is -0.381. The molecule has 0 aliphatic rings. The maximum Gasteiger partial charge on any atom is 0.255 e. The van der Waals surface area contributed by atoms with Crippen molar-refractivity contribution in [1.82, 2.24) is 10.6 Å². The first kappa shape index (κ1) is 24.9. The molecule has 0 radical (unpaired) electrons. The van der Waals surface area contributed by atoms with E-state index in [0.29, 0.717) is 46.4 Å². The van der Waals surface area contributed by atoms with E-state index in [1.165, 1.54) is 31.3 Å². The van der Waals surface area contributed by atoms with Gasteiger partial charge >= 0.3 is 0 Å². The maximum atomic E-state index is 13.5. The first-order chi connectivity index (χ1) is 18.4. The second-order valence-corrected chi connectivity index (χ2v) is 8.82. The van der Waals surface area contributed by atoms with Crippen LogP contribution in [0.4, 0.5) is 8.78 Å². The molecule has 5 nitrogen and oxygen atoms in total. The van der Waals surface area contributed by atoms with Gasteiger partial charge < -0.3 is 15.1 Å². The number of hydrogen-bond donors (Lipinski definition) is 2. The number of carbonyl (C=O) groups excluding carboxylic acids is 2. The highest BCUT2D eigenvalue weighted by Gasteiger charge is 2.22. The highest BCUT2D eigenvalue weighted by Crippen LogP contribution is 2.36. The normalized spacial score (nSPS) is 10.9. The van der Waals surface area contributed by atoms with Gasteiger partial charge in [-0.05, 0) is 83.8 Å². The standard InChI is InChI=1S/C31H24F2N2O3/c1-34-31(37)28-26-18-22(9-14-27(26)38-29(28)20-7-12-25(33)13-8-20)21-3-2-4-23(17-21)30(36)35-16-15-19-5-10-24(32)11-6-19/h2-14,17-18H,15-16H2,1H3,(H,34,37)(H,35,36). The van der Waals surface area contributed by atoms with Crippen LogP contribution in [0.25, 0.3) is 33.4 Å². The molecule has 4 aromatic carbocycles. The maximum absolute atomic E-state index is 13.5. The molecule has 0 bridgehead atoms. The summed E-state index contributed by atoms with van der Waals surface area (Å²) >= 11 is 0. The van der Waals surface area contributed by atoms with E-state index in [0.717, 1.165) is 16.7 Å². The third-order valence-corrected chi connectivity index (χ3v) is 6.32. The molecule has 1 aromatic heterocycles. The highest BCUT2D eigenvalue weighted by molar-refractivity contribution is 6.11. The molecule has 5 rings (SSSR count). The smallest absolute Gasteiger partial charge is 0.255 e. The number of furan rings is 1. The number of halogens is 2. The molecule has 0 fully saturated rings. The SMILES string of the molecule is CNC(=O)c1c(-c2ccc(F)cc2)oc2ccc(-c3cccc(C(=O)NCCc4ccc(F)cc4)c3)cc12. The Hall–Kier alpha value is -4.78. The van der Waals surface area contributed by atoms with Gasteiger partial charge in [0.05, 0.1) is 5.56 Å². The zero-order valence-corrected chi connectivity index (χ0v) is 20.6. The van der Waals surface area contributed by atoms with E-state index in [2.05, 4.69) is 10.6 Å². The summed E-state index contributed by atoms with van der Waals surface area (Å²) in [6.07, 6.45) is 0.585. The Balaban J connectivity index is 1.42. The third-order valence-electron chi connectivity index (χ3n) is 6.32. The molecule has 7 heteroatoms. The molecule has 0 unspecified atom stereocenters. The average Bonchev–Trinajstić information content (AvgIpc) is 3.33. The van der Waals surface area contributed by atoms with Crippen molar-refractivity contribution in [2.24, 2.45) is 0 Å². The van der Waals surface area contributed by atoms with E-state index in [-0.39, 0.29) is 23.4 Å². The molecular formula is C31H24F2N2O3. The molecule has 38 heavy (non-hydrogen) atoms. The molecule has 2 N–H and O–H groups in total. The van der Waals surface area contributed by atoms with E-state index in [4.69, 9.17) is 4.42 Å². The molecule has 0 aliphatic carbocycles. The van der Waals surface area contributed by atoms with Crippen LogP contribution >= 0.6 is 0 Å². The number of fused-ring (bicyclic) bond motifs is 1. The summed E-state index contributed by atoms with van der Waals surface area (Å²) < 4.78 is 32.6. The van der Waals surface area contributed by atoms with Crippen LogP contribution in [0.5, 0.6) is 0 Å². The van der Waals surface area contributed by atoms with E-state index in [1.807, 2.05) is 18.2 Å². The van der Waals surface area contributed by atoms with Crippen LogP contribution < -0.4 is 10.6 Å². The second kappa shape index (κ2) is 10.7. The van der Waals surface area contributed by atoms with Crippen molar-refractivity contribution in [2.75, 3.05) is 13.6 Å². The number of hydrogen-bond acceptors (Lipinski definition) is 3. The van der Waals surface area contributed by atoms with Crippen molar-refractivity contribution in [3.63, 3.8) is 0 Å². The fourth-order valence-electron chi connectivity index (χ4n) is 4.35. The molecule has 0 spiro atoms. The van der Waals surface area contributed by atoms with Crippen LogP contribution in [0.15, 0.2) is 95.4 Å². The fourth-order valence-corrected chi connectivity index (χ4v) is 4.35. The van der Waals surface area contributed by atoms with Gasteiger partial charge in [-0.25, -0.2) is 8.78 Å². The largest absolute Gasteiger partial charge is 0.455 e. The minimum absolute atomic E-state index is 0.219. The predicted octanol–water partition coefficient (Wildman–Crippen LogP) is 6.38. The van der Waals surface area contributed by atoms with E-state index < -0.39 is 0 Å². The lowest BCUT2D eigenvalue weighted by molar-refractivity contribution is 0.0949. The summed E-state index contributed by atoms with van der Waals surface area (Å²) in [7, 11) is 1.54. The van der Waals surface area contributed by atoms with Crippen molar-refractivity contribution < 1.29 is 22.8 Å². The number of amides is 2. The summed E-state index contributed by atoms with van der Waals surface area (Å²) in [5, 5.41) is 6.16. The van der Waals surface area contributed by atoms with Crippen LogP contribution in [-0.4, -0.2) is 25.4 Å². The fraction of sp³-hybridized carbons (Fsp3) is 0.0968. The highest BCUT2D eigenvalue weighted by atomic mass is 19.1. The van der Waals surface area contributed by atoms with Gasteiger partial charge in [-0.3, -0.25) is 9.59 Å². The Labute approximate surface area is 218 Å². The number of carbonyl (C=O) groups is 2. The van der Waals surface area contributed by atoms with Gasteiger partial charge in [-0.2, -0.15) is 0 Å². The van der Waals surface area contributed by atoms with Crippen LogP contribution in [0.2, 0.25) is 0 Å². The Morgan fingerprint density at radius 3 is 2.13 bits per heavy atom. The summed E-state index contributed by atoms with van der Waals surface area (Å²) in [6.45, 7) is 0.414. The summed E-state index contributed by atoms with van der Waals surface area (Å²) in [4.78, 5) is 25.6. The molecule has 0 saturated carbocycles. The van der Waals surface area contributed by atoms with E-state index in [1.54, 1.807) is 48.5 Å². The molecule has 1 heterocycles. The van der Waals surface area contributed by atoms with E-state index >= 15 is 0 Å². The Kier molecular flexibility index (Phi) is 7.00. The van der Waals surface area contributed by atoms with Crippen molar-refractivity contribution in [1.29, 1.82) is 0 Å². The van der Waals surface area contributed by atoms with Gasteiger partial charge in [0, 0.05) is 30.1 Å². The van der Waals surface area contributed by atoms with Crippen LogP contribution in [0.1, 0.15) is 26.3 Å². The lowest BCUT2D eigenvalue weighted by Gasteiger charge is -2.08. The van der Waals surface area contributed by atoms with E-state index in [9.17, 15) is 18.4 Å². The summed E-state index contributed by atoms with van der Waals surface area (Å²) in [5.74, 6) is -0.867. The molecule has 5 aromatic rings. The quantitative estimate of drug-likeness (QED) is 0.267. The summed E-state index contributed by atoms with van der Waals surface area (Å²) in [6, 6.07) is 24.7. The van der Waals surface area contributed by atoms with Crippen molar-refractivity contribution in [2.45, 2.75) is 6.42 Å². The zero-order chi connectivity index (χ0) is 26.6. The predicted molar refractivity (Wildman–Crippen MR) is 143 cm³/mol. The first-order valence-corrected chi connectivity index (χ1v) is 12.1. The Morgan fingerprint density at radius 1 is 0.763 bits per heavy atom. The van der Waals surface area contributed by atoms with Gasteiger partial charge in [-0.1, -0.05) is 30.3 Å². The lowest BCUT2D eigenvalue weighted by Crippen LogP contribution is -2.25. The molecular weight excluding hydrogens is 486 g/mol. The number of rotatable bonds is 7. The molecule has 0 aliphatic heterocycles. The monoisotopic (exact) mass is 510 g/mol. The third kappa shape index (κ3) is 5.18.